The highest BCUT2D eigenvalue weighted by Crippen LogP contribution is 2.32. The molecule has 0 radical (unpaired) electrons. The number of carbonyl (C=O) groups excluding carboxylic acids is 1. The van der Waals surface area contributed by atoms with E-state index in [-0.39, 0.29) is 24.5 Å². The minimum Gasteiger partial charge on any atom is -0.394 e. The van der Waals surface area contributed by atoms with Crippen molar-refractivity contribution in [3.63, 3.8) is 0 Å². The summed E-state index contributed by atoms with van der Waals surface area (Å²) in [5, 5.41) is 13.0. The second-order valence-electron chi connectivity index (χ2n) is 6.14. The van der Waals surface area contributed by atoms with Gasteiger partial charge in [-0.25, -0.2) is 4.39 Å². The summed E-state index contributed by atoms with van der Waals surface area (Å²) in [5.41, 5.74) is 5.57. The summed E-state index contributed by atoms with van der Waals surface area (Å²) in [4.78, 5) is 11.2. The van der Waals surface area contributed by atoms with Crippen molar-refractivity contribution in [2.24, 2.45) is 11.7 Å². The first-order valence-corrected chi connectivity index (χ1v) is 7.40. The van der Waals surface area contributed by atoms with Gasteiger partial charge >= 0.3 is 0 Å². The van der Waals surface area contributed by atoms with Crippen molar-refractivity contribution in [2.45, 2.75) is 44.7 Å². The lowest BCUT2D eigenvalue weighted by Gasteiger charge is -2.39. The van der Waals surface area contributed by atoms with E-state index in [9.17, 15) is 14.3 Å². The number of aliphatic hydroxyl groups excluding tert-OH is 1. The Balaban J connectivity index is 2.07. The Labute approximate surface area is 124 Å². The van der Waals surface area contributed by atoms with Crippen LogP contribution in [-0.2, 0) is 6.54 Å². The summed E-state index contributed by atoms with van der Waals surface area (Å²) in [6.45, 7) is 2.52. The number of nitrogens with two attached hydrogens (primary N) is 1. The average Bonchev–Trinajstić information content (AvgIpc) is 2.48. The summed E-state index contributed by atoms with van der Waals surface area (Å²) in [7, 11) is 0. The van der Waals surface area contributed by atoms with Crippen LogP contribution >= 0.6 is 0 Å². The minimum atomic E-state index is -0.570. The Morgan fingerprint density at radius 1 is 1.48 bits per heavy atom. The quantitative estimate of drug-likeness (QED) is 0.777. The molecule has 0 saturated heterocycles. The maximum Gasteiger partial charge on any atom is 0.248 e. The zero-order valence-electron chi connectivity index (χ0n) is 12.4. The van der Waals surface area contributed by atoms with E-state index in [1.54, 1.807) is 0 Å². The number of aliphatic hydroxyl groups is 1. The maximum atomic E-state index is 13.8. The zero-order valence-corrected chi connectivity index (χ0v) is 12.4. The minimum absolute atomic E-state index is 0.0385. The Bertz CT molecular complexity index is 511. The fourth-order valence-electron chi connectivity index (χ4n) is 2.85. The summed E-state index contributed by atoms with van der Waals surface area (Å²) in [6.07, 6.45) is 3.86. The predicted octanol–water partition coefficient (Wildman–Crippen LogP) is 1.96. The van der Waals surface area contributed by atoms with Gasteiger partial charge in [0.25, 0.3) is 0 Å². The van der Waals surface area contributed by atoms with E-state index >= 15 is 0 Å². The van der Waals surface area contributed by atoms with Gasteiger partial charge in [-0.15, -0.1) is 0 Å². The molecule has 0 bridgehead atoms. The third kappa shape index (κ3) is 3.80. The Kier molecular flexibility index (Phi) is 4.96. The van der Waals surface area contributed by atoms with Crippen molar-refractivity contribution >= 4 is 5.91 Å². The molecule has 0 unspecified atom stereocenters. The van der Waals surface area contributed by atoms with Crippen LogP contribution in [0.1, 0.15) is 48.5 Å². The fourth-order valence-corrected chi connectivity index (χ4v) is 2.85. The van der Waals surface area contributed by atoms with Gasteiger partial charge in [-0.3, -0.25) is 4.79 Å². The predicted molar refractivity (Wildman–Crippen MR) is 79.2 cm³/mol. The van der Waals surface area contributed by atoms with Gasteiger partial charge in [0.2, 0.25) is 5.91 Å². The lowest BCUT2D eigenvalue weighted by atomic mass is 9.77. The summed E-state index contributed by atoms with van der Waals surface area (Å²) in [6, 6.07) is 4.11. The zero-order chi connectivity index (χ0) is 15.5. The lowest BCUT2D eigenvalue weighted by Crippen LogP contribution is -2.50. The van der Waals surface area contributed by atoms with Gasteiger partial charge in [-0.2, -0.15) is 0 Å². The highest BCUT2D eigenvalue weighted by atomic mass is 19.1. The molecular formula is C16H23FN2O2. The number of nitrogens with one attached hydrogen (secondary N) is 1. The molecule has 0 aromatic heterocycles. The summed E-state index contributed by atoms with van der Waals surface area (Å²) < 4.78 is 13.8. The molecule has 0 spiro atoms. The molecule has 0 heterocycles. The molecule has 1 saturated carbocycles. The molecule has 1 fully saturated rings. The van der Waals surface area contributed by atoms with Crippen molar-refractivity contribution < 1.29 is 14.3 Å². The van der Waals surface area contributed by atoms with Crippen LogP contribution in [0.3, 0.4) is 0 Å². The molecule has 0 atom stereocenters. The molecule has 1 aromatic carbocycles. The molecule has 116 valence electrons. The van der Waals surface area contributed by atoms with Gasteiger partial charge in [-0.1, -0.05) is 6.92 Å². The van der Waals surface area contributed by atoms with E-state index in [0.29, 0.717) is 17.0 Å². The van der Waals surface area contributed by atoms with E-state index in [4.69, 9.17) is 5.73 Å². The monoisotopic (exact) mass is 294 g/mol. The third-order valence-electron chi connectivity index (χ3n) is 4.52. The van der Waals surface area contributed by atoms with Crippen molar-refractivity contribution in [3.8, 4) is 0 Å². The van der Waals surface area contributed by atoms with Crippen molar-refractivity contribution in [1.82, 2.24) is 5.32 Å². The molecule has 21 heavy (non-hydrogen) atoms. The van der Waals surface area contributed by atoms with Gasteiger partial charge in [0.15, 0.2) is 0 Å². The van der Waals surface area contributed by atoms with Crippen LogP contribution in [0.25, 0.3) is 0 Å². The van der Waals surface area contributed by atoms with E-state index in [0.717, 1.165) is 25.7 Å². The topological polar surface area (TPSA) is 75.3 Å². The summed E-state index contributed by atoms with van der Waals surface area (Å²) in [5.74, 6) is -0.272. The van der Waals surface area contributed by atoms with Gasteiger partial charge in [0.05, 0.1) is 6.61 Å². The van der Waals surface area contributed by atoms with E-state index in [1.807, 2.05) is 0 Å². The SMILES string of the molecule is CC1CCC(CO)(NCc2cc(C(N)=O)ccc2F)CC1. The fraction of sp³-hybridized carbons (Fsp3) is 0.562. The summed E-state index contributed by atoms with van der Waals surface area (Å²) >= 11 is 0. The third-order valence-corrected chi connectivity index (χ3v) is 4.52. The molecule has 1 aromatic rings. The van der Waals surface area contributed by atoms with Crippen LogP contribution in [0.4, 0.5) is 4.39 Å². The Morgan fingerprint density at radius 3 is 2.71 bits per heavy atom. The molecule has 1 amide bonds. The highest BCUT2D eigenvalue weighted by Gasteiger charge is 2.33. The van der Waals surface area contributed by atoms with Crippen LogP contribution in [-0.4, -0.2) is 23.2 Å². The van der Waals surface area contributed by atoms with E-state index in [2.05, 4.69) is 12.2 Å². The van der Waals surface area contributed by atoms with E-state index in [1.165, 1.54) is 18.2 Å². The second kappa shape index (κ2) is 6.54. The molecule has 4 N–H and O–H groups in total. The number of primary amides is 1. The molecule has 0 aliphatic heterocycles. The van der Waals surface area contributed by atoms with Crippen LogP contribution in [0.15, 0.2) is 18.2 Å². The van der Waals surface area contributed by atoms with Crippen molar-refractivity contribution in [2.75, 3.05) is 6.61 Å². The highest BCUT2D eigenvalue weighted by molar-refractivity contribution is 5.92. The standard InChI is InChI=1S/C16H23FN2O2/c1-11-4-6-16(10-20,7-5-11)19-9-13-8-12(15(18)21)2-3-14(13)17/h2-3,8,11,19-20H,4-7,9-10H2,1H3,(H2,18,21). The number of halogens is 1. The Morgan fingerprint density at radius 2 is 2.14 bits per heavy atom. The maximum absolute atomic E-state index is 13.8. The molecule has 5 heteroatoms. The average molecular weight is 294 g/mol. The first-order chi connectivity index (χ1) is 9.96. The molecule has 1 aliphatic rings. The normalized spacial score (nSPS) is 25.8. The number of carbonyl (C=O) groups is 1. The number of hydrogen-bond acceptors (Lipinski definition) is 3. The number of hydrogen-bond donors (Lipinski definition) is 3. The van der Waals surface area contributed by atoms with Crippen LogP contribution in [0.2, 0.25) is 0 Å². The smallest absolute Gasteiger partial charge is 0.248 e. The first-order valence-electron chi connectivity index (χ1n) is 7.40. The van der Waals surface area contributed by atoms with Crippen LogP contribution < -0.4 is 11.1 Å². The van der Waals surface area contributed by atoms with Gasteiger partial charge in [0, 0.05) is 23.2 Å². The second-order valence-corrected chi connectivity index (χ2v) is 6.14. The molecule has 1 aliphatic carbocycles. The van der Waals surface area contributed by atoms with Crippen LogP contribution in [0, 0.1) is 11.7 Å². The van der Waals surface area contributed by atoms with Crippen molar-refractivity contribution in [1.29, 1.82) is 0 Å². The van der Waals surface area contributed by atoms with Gasteiger partial charge in [-0.05, 0) is 49.8 Å². The largest absolute Gasteiger partial charge is 0.394 e. The van der Waals surface area contributed by atoms with Crippen LogP contribution in [0.5, 0.6) is 0 Å². The molecule has 4 nitrogen and oxygen atoms in total. The van der Waals surface area contributed by atoms with Gasteiger partial charge in [0.1, 0.15) is 5.82 Å². The van der Waals surface area contributed by atoms with Gasteiger partial charge < -0.3 is 16.2 Å². The van der Waals surface area contributed by atoms with Crippen molar-refractivity contribution in [3.05, 3.63) is 35.1 Å². The number of amides is 1. The molecular weight excluding hydrogens is 271 g/mol. The lowest BCUT2D eigenvalue weighted by molar-refractivity contribution is 0.0998. The number of benzene rings is 1. The first kappa shape index (κ1) is 15.9. The number of rotatable bonds is 5. The Hall–Kier alpha value is -1.46. The molecule has 2 rings (SSSR count). The van der Waals surface area contributed by atoms with E-state index < -0.39 is 5.91 Å².